The molecule has 2 heterocycles. The van der Waals surface area contributed by atoms with Crippen LogP contribution in [0.25, 0.3) is 0 Å². The summed E-state index contributed by atoms with van der Waals surface area (Å²) in [4.78, 5) is 0. The summed E-state index contributed by atoms with van der Waals surface area (Å²) in [6.45, 7) is 0.373. The lowest BCUT2D eigenvalue weighted by Crippen LogP contribution is -2.41. The first-order valence-corrected chi connectivity index (χ1v) is 5.76. The minimum absolute atomic E-state index is 0.106. The van der Waals surface area contributed by atoms with Gasteiger partial charge in [0.05, 0.1) is 38.6 Å². The molecule has 0 bridgehead atoms. The second-order valence-electron chi connectivity index (χ2n) is 2.97. The Hall–Kier alpha value is -0.0231. The van der Waals surface area contributed by atoms with Gasteiger partial charge >= 0.3 is 9.05 Å². The zero-order valence-corrected chi connectivity index (χ0v) is 8.01. The molecule has 0 radical (unpaired) electrons. The van der Waals surface area contributed by atoms with Gasteiger partial charge in [-0.2, -0.15) is 0 Å². The standard InChI is InChI=1S/C6H12O6Si/c7-1-5-3-9-13(11-5)10-4-6(2-8)12-13/h5-8H,1-4H2. The largest absolute Gasteiger partial charge is 0.680 e. The van der Waals surface area contributed by atoms with Gasteiger partial charge in [-0.15, -0.1) is 0 Å². The van der Waals surface area contributed by atoms with Gasteiger partial charge < -0.3 is 27.9 Å². The van der Waals surface area contributed by atoms with Gasteiger partial charge in [-0.3, -0.25) is 0 Å². The Morgan fingerprint density at radius 1 is 1.00 bits per heavy atom. The second kappa shape index (κ2) is 3.62. The van der Waals surface area contributed by atoms with E-state index in [9.17, 15) is 0 Å². The molecule has 7 heteroatoms. The van der Waals surface area contributed by atoms with Crippen LogP contribution in [-0.2, 0) is 17.7 Å². The van der Waals surface area contributed by atoms with Gasteiger partial charge in [0.1, 0.15) is 0 Å². The predicted molar refractivity (Wildman–Crippen MR) is 41.6 cm³/mol. The number of hydrogen-bond acceptors (Lipinski definition) is 6. The molecule has 0 amide bonds. The first-order chi connectivity index (χ1) is 6.28. The van der Waals surface area contributed by atoms with Gasteiger partial charge in [0.25, 0.3) is 0 Å². The summed E-state index contributed by atoms with van der Waals surface area (Å²) < 4.78 is 21.1. The number of hydrogen-bond donors (Lipinski definition) is 2. The molecule has 6 nitrogen and oxygen atoms in total. The normalized spacial score (nSPS) is 44.8. The smallest absolute Gasteiger partial charge is 0.394 e. The Kier molecular flexibility index (Phi) is 2.65. The lowest BCUT2D eigenvalue weighted by atomic mass is 10.4. The molecule has 2 N–H and O–H groups in total. The Morgan fingerprint density at radius 2 is 1.46 bits per heavy atom. The molecule has 1 spiro atoms. The van der Waals surface area contributed by atoms with Crippen LogP contribution in [0.1, 0.15) is 0 Å². The molecule has 0 aromatic rings. The molecular weight excluding hydrogens is 196 g/mol. The molecule has 0 aliphatic carbocycles. The van der Waals surface area contributed by atoms with E-state index in [1.54, 1.807) is 0 Å². The van der Waals surface area contributed by atoms with Crippen molar-refractivity contribution < 1.29 is 27.9 Å². The van der Waals surface area contributed by atoms with Crippen LogP contribution in [0.5, 0.6) is 0 Å². The van der Waals surface area contributed by atoms with Crippen molar-refractivity contribution in [2.45, 2.75) is 12.2 Å². The van der Waals surface area contributed by atoms with Gasteiger partial charge in [0.2, 0.25) is 0 Å². The van der Waals surface area contributed by atoms with Crippen LogP contribution < -0.4 is 0 Å². The lowest BCUT2D eigenvalue weighted by Gasteiger charge is -2.14. The molecule has 2 aliphatic rings. The SMILES string of the molecule is OCC1CO[Si]2(OCC(CO)O2)O1. The third-order valence-corrected chi connectivity index (χ3v) is 4.21. The summed E-state index contributed by atoms with van der Waals surface area (Å²) in [6.07, 6.45) is -0.715. The van der Waals surface area contributed by atoms with E-state index < -0.39 is 9.05 Å². The van der Waals surface area contributed by atoms with Crippen molar-refractivity contribution in [2.75, 3.05) is 26.4 Å². The van der Waals surface area contributed by atoms with Crippen LogP contribution in [0.2, 0.25) is 0 Å². The molecule has 0 aromatic carbocycles. The van der Waals surface area contributed by atoms with E-state index in [-0.39, 0.29) is 25.4 Å². The number of aliphatic hydroxyl groups is 2. The molecule has 2 unspecified atom stereocenters. The highest BCUT2D eigenvalue weighted by Gasteiger charge is 2.58. The quantitative estimate of drug-likeness (QED) is 0.523. The Bertz CT molecular complexity index is 168. The van der Waals surface area contributed by atoms with E-state index in [1.165, 1.54) is 0 Å². The van der Waals surface area contributed by atoms with E-state index in [2.05, 4.69) is 0 Å². The monoisotopic (exact) mass is 208 g/mol. The Morgan fingerprint density at radius 3 is 1.77 bits per heavy atom. The summed E-state index contributed by atoms with van der Waals surface area (Å²) in [5.74, 6) is 0. The Balaban J connectivity index is 1.93. The van der Waals surface area contributed by atoms with Gasteiger partial charge in [-0.05, 0) is 0 Å². The zero-order valence-electron chi connectivity index (χ0n) is 7.01. The molecule has 0 saturated carbocycles. The van der Waals surface area contributed by atoms with Crippen molar-refractivity contribution in [3.05, 3.63) is 0 Å². The van der Waals surface area contributed by atoms with E-state index in [0.717, 1.165) is 0 Å². The number of rotatable bonds is 2. The van der Waals surface area contributed by atoms with Crippen LogP contribution in [0.3, 0.4) is 0 Å². The van der Waals surface area contributed by atoms with Gasteiger partial charge in [-0.25, -0.2) is 0 Å². The van der Waals surface area contributed by atoms with Crippen LogP contribution in [0, 0.1) is 0 Å². The fraction of sp³-hybridized carbons (Fsp3) is 1.00. The molecule has 0 aromatic heterocycles. The highest BCUT2D eigenvalue weighted by molar-refractivity contribution is 6.54. The maximum Gasteiger partial charge on any atom is 0.680 e. The fourth-order valence-electron chi connectivity index (χ4n) is 1.25. The predicted octanol–water partition coefficient (Wildman–Crippen LogP) is -1.76. The van der Waals surface area contributed by atoms with Crippen molar-refractivity contribution in [3.8, 4) is 0 Å². The third kappa shape index (κ3) is 1.77. The summed E-state index contributed by atoms with van der Waals surface area (Å²) in [6, 6.07) is 0. The minimum Gasteiger partial charge on any atom is -0.394 e. The van der Waals surface area contributed by atoms with E-state index >= 15 is 0 Å². The first kappa shape index (κ1) is 9.53. The van der Waals surface area contributed by atoms with Crippen molar-refractivity contribution in [1.29, 1.82) is 0 Å². The second-order valence-corrected chi connectivity index (χ2v) is 5.02. The summed E-state index contributed by atoms with van der Waals surface area (Å²) in [5, 5.41) is 17.6. The third-order valence-electron chi connectivity index (χ3n) is 1.92. The highest BCUT2D eigenvalue weighted by atomic mass is 28.4. The molecule has 2 saturated heterocycles. The average Bonchev–Trinajstić information content (AvgIpc) is 2.74. The van der Waals surface area contributed by atoms with Crippen molar-refractivity contribution in [1.82, 2.24) is 0 Å². The molecule has 2 atom stereocenters. The van der Waals surface area contributed by atoms with E-state index in [4.69, 9.17) is 27.9 Å². The topological polar surface area (TPSA) is 77.4 Å². The lowest BCUT2D eigenvalue weighted by molar-refractivity contribution is 0.0499. The fourth-order valence-corrected chi connectivity index (χ4v) is 3.54. The van der Waals surface area contributed by atoms with Gasteiger partial charge in [-0.1, -0.05) is 0 Å². The van der Waals surface area contributed by atoms with Gasteiger partial charge in [0, 0.05) is 0 Å². The number of aliphatic hydroxyl groups excluding tert-OH is 2. The van der Waals surface area contributed by atoms with E-state index in [1.807, 2.05) is 0 Å². The minimum atomic E-state index is -2.96. The van der Waals surface area contributed by atoms with Gasteiger partial charge in [0.15, 0.2) is 0 Å². The van der Waals surface area contributed by atoms with Crippen LogP contribution in [0.4, 0.5) is 0 Å². The average molecular weight is 208 g/mol. The molecular formula is C6H12O6Si. The maximum absolute atomic E-state index is 8.79. The Labute approximate surface area is 76.5 Å². The summed E-state index contributed by atoms with van der Waals surface area (Å²) in [7, 11) is -2.96. The molecule has 2 aliphatic heterocycles. The highest BCUT2D eigenvalue weighted by Crippen LogP contribution is 2.27. The molecule has 2 rings (SSSR count). The van der Waals surface area contributed by atoms with Crippen LogP contribution >= 0.6 is 0 Å². The zero-order chi connectivity index (χ0) is 9.31. The maximum atomic E-state index is 8.79. The van der Waals surface area contributed by atoms with E-state index in [0.29, 0.717) is 13.2 Å². The molecule has 76 valence electrons. The van der Waals surface area contributed by atoms with Crippen LogP contribution in [-0.4, -0.2) is 57.9 Å². The van der Waals surface area contributed by atoms with Crippen molar-refractivity contribution in [2.24, 2.45) is 0 Å². The summed E-state index contributed by atoms with van der Waals surface area (Å²) in [5.41, 5.74) is 0. The van der Waals surface area contributed by atoms with Crippen molar-refractivity contribution >= 4 is 9.05 Å². The summed E-state index contributed by atoms with van der Waals surface area (Å²) >= 11 is 0. The molecule has 2 fully saturated rings. The first-order valence-electron chi connectivity index (χ1n) is 4.13. The molecule has 13 heavy (non-hydrogen) atoms. The van der Waals surface area contributed by atoms with Crippen LogP contribution in [0.15, 0.2) is 0 Å². The van der Waals surface area contributed by atoms with Crippen molar-refractivity contribution in [3.63, 3.8) is 0 Å².